The number of alkyl halides is 1. The van der Waals surface area contributed by atoms with Gasteiger partial charge in [0.05, 0.1) is 0 Å². The summed E-state index contributed by atoms with van der Waals surface area (Å²) in [5, 5.41) is 0. The van der Waals surface area contributed by atoms with Crippen LogP contribution in [0, 0.1) is 0 Å². The largest absolute Gasteiger partial charge is 0.563 e. The zero-order valence-electron chi connectivity index (χ0n) is 4.71. The average Bonchev–Trinajstić information content (AvgIpc) is 2.12. The smallest absolute Gasteiger partial charge is 0.378 e. The summed E-state index contributed by atoms with van der Waals surface area (Å²) in [6.45, 7) is 0. The van der Waals surface area contributed by atoms with Crippen LogP contribution in [0.5, 0.6) is 0 Å². The first-order chi connectivity index (χ1) is 4.25. The molecule has 3 nitrogen and oxygen atoms in total. The van der Waals surface area contributed by atoms with Crippen molar-refractivity contribution in [3.05, 3.63) is 0 Å². The van der Waals surface area contributed by atoms with Gasteiger partial charge in [-0.25, -0.2) is 9.28 Å². The molecule has 1 aliphatic rings. The molecule has 0 aromatic rings. The van der Waals surface area contributed by atoms with Gasteiger partial charge in [0.15, 0.2) is 6.00 Å². The van der Waals surface area contributed by atoms with Gasteiger partial charge in [-0.3, -0.25) is 9.12 Å². The van der Waals surface area contributed by atoms with Gasteiger partial charge < -0.3 is 4.74 Å². The first-order valence-electron chi connectivity index (χ1n) is 2.39. The van der Waals surface area contributed by atoms with E-state index in [1.54, 1.807) is 0 Å². The molecule has 9 heavy (non-hydrogen) atoms. The lowest BCUT2D eigenvalue weighted by Gasteiger charge is -2.03. The summed E-state index contributed by atoms with van der Waals surface area (Å²) in [5.74, 6) is 0. The number of halogens is 2. The molecule has 0 aliphatic carbocycles. The highest BCUT2D eigenvalue weighted by molar-refractivity contribution is 6.45. The van der Waals surface area contributed by atoms with Crippen LogP contribution in [-0.2, 0) is 14.4 Å². The number of rotatable bonds is 1. The van der Waals surface area contributed by atoms with Crippen LogP contribution >= 0.6 is 0 Å². The van der Waals surface area contributed by atoms with E-state index in [4.69, 9.17) is 0 Å². The van der Waals surface area contributed by atoms with E-state index in [1.165, 1.54) is 7.11 Å². The van der Waals surface area contributed by atoms with Crippen LogP contribution in [-0.4, -0.2) is 26.7 Å². The molecule has 0 spiro atoms. The first-order valence-corrected chi connectivity index (χ1v) is 2.39. The number of hydrogen-bond acceptors (Lipinski definition) is 3. The minimum absolute atomic E-state index is 1.18. The van der Waals surface area contributed by atoms with Gasteiger partial charge in [-0.05, 0) is 0 Å². The Bertz CT molecular complexity index is 93.1. The maximum Gasteiger partial charge on any atom is 0.563 e. The molecule has 1 rings (SSSR count). The van der Waals surface area contributed by atoms with Gasteiger partial charge in [-0.2, -0.15) is 0 Å². The lowest BCUT2D eigenvalue weighted by atomic mass is 9.86. The van der Waals surface area contributed by atoms with Crippen LogP contribution < -0.4 is 0 Å². The zero-order valence-corrected chi connectivity index (χ0v) is 4.71. The molecule has 0 amide bonds. The molecule has 1 aliphatic heterocycles. The lowest BCUT2D eigenvalue weighted by molar-refractivity contribution is -0.269. The van der Waals surface area contributed by atoms with Crippen LogP contribution in [0.3, 0.4) is 0 Å². The average molecular weight is 138 g/mol. The van der Waals surface area contributed by atoms with Crippen molar-refractivity contribution in [2.75, 3.05) is 7.11 Å². The highest BCUT2D eigenvalue weighted by Gasteiger charge is 2.46. The Morgan fingerprint density at radius 1 is 1.67 bits per heavy atom. The highest BCUT2D eigenvalue weighted by atomic mass is 19.2. The Hall–Kier alpha value is -0.195. The van der Waals surface area contributed by atoms with E-state index in [1.807, 2.05) is 0 Å². The quantitative estimate of drug-likeness (QED) is 0.384. The summed E-state index contributed by atoms with van der Waals surface area (Å²) in [6, 6.07) is -1.25. The van der Waals surface area contributed by atoms with E-state index in [-0.39, 0.29) is 0 Å². The van der Waals surface area contributed by atoms with Crippen molar-refractivity contribution in [2.45, 2.75) is 12.4 Å². The number of hydrogen-bond donors (Lipinski definition) is 0. The van der Waals surface area contributed by atoms with Gasteiger partial charge in [0.25, 0.3) is 6.36 Å². The Balaban J connectivity index is 2.44. The third kappa shape index (κ3) is 1.20. The van der Waals surface area contributed by atoms with Crippen molar-refractivity contribution in [1.29, 1.82) is 0 Å². The van der Waals surface area contributed by atoms with Crippen LogP contribution in [0.25, 0.3) is 0 Å². The molecule has 0 aromatic heterocycles. The molecule has 0 aromatic carbocycles. The van der Waals surface area contributed by atoms with E-state index in [2.05, 4.69) is 14.4 Å². The fraction of sp³-hybridized carbons (Fsp3) is 1.00. The van der Waals surface area contributed by atoms with Gasteiger partial charge in [-0.15, -0.1) is 0 Å². The summed E-state index contributed by atoms with van der Waals surface area (Å²) < 4.78 is 28.6. The van der Waals surface area contributed by atoms with Crippen LogP contribution in [0.15, 0.2) is 0 Å². The van der Waals surface area contributed by atoms with Crippen molar-refractivity contribution < 1.29 is 23.1 Å². The molecule has 2 unspecified atom stereocenters. The minimum Gasteiger partial charge on any atom is -0.378 e. The third-order valence-electron chi connectivity index (χ3n) is 1.03. The van der Waals surface area contributed by atoms with Gasteiger partial charge in [-0.1, -0.05) is 0 Å². The van der Waals surface area contributed by atoms with Gasteiger partial charge in [0, 0.05) is 7.11 Å². The van der Waals surface area contributed by atoms with Crippen molar-refractivity contribution >= 4 is 7.19 Å². The Kier molecular flexibility index (Phi) is 1.99. The second kappa shape index (κ2) is 2.59. The molecular weight excluding hydrogens is 133 g/mol. The van der Waals surface area contributed by atoms with Crippen LogP contribution in [0.4, 0.5) is 8.71 Å². The topological polar surface area (TPSA) is 27.7 Å². The van der Waals surface area contributed by atoms with Gasteiger partial charge in [0.2, 0.25) is 0 Å². The standard InChI is InChI=1S/C3H5BF2O3/c1-7-2-3(5)8-9-4(2)6/h2-3H,1H3. The van der Waals surface area contributed by atoms with Crippen molar-refractivity contribution in [3.8, 4) is 0 Å². The summed E-state index contributed by atoms with van der Waals surface area (Å²) in [7, 11) is -0.632. The Morgan fingerprint density at radius 3 is 2.56 bits per heavy atom. The monoisotopic (exact) mass is 138 g/mol. The first kappa shape index (κ1) is 6.92. The maximum absolute atomic E-state index is 12.1. The van der Waals surface area contributed by atoms with E-state index in [9.17, 15) is 8.71 Å². The summed E-state index contributed by atoms with van der Waals surface area (Å²) in [6.07, 6.45) is -1.81. The fourth-order valence-electron chi connectivity index (χ4n) is 0.549. The lowest BCUT2D eigenvalue weighted by Crippen LogP contribution is -2.30. The molecule has 2 atom stereocenters. The SMILES string of the molecule is COC1B(F)OOC1F. The van der Waals surface area contributed by atoms with Crippen molar-refractivity contribution in [1.82, 2.24) is 0 Å². The predicted octanol–water partition coefficient (Wildman–Crippen LogP) is 0.256. The molecule has 0 N–H and O–H groups in total. The molecule has 0 bridgehead atoms. The third-order valence-corrected chi connectivity index (χ3v) is 1.03. The van der Waals surface area contributed by atoms with Crippen molar-refractivity contribution in [3.63, 3.8) is 0 Å². The zero-order chi connectivity index (χ0) is 6.85. The van der Waals surface area contributed by atoms with E-state index in [0.29, 0.717) is 0 Å². The van der Waals surface area contributed by atoms with E-state index in [0.717, 1.165) is 0 Å². The van der Waals surface area contributed by atoms with E-state index >= 15 is 0 Å². The molecule has 6 heteroatoms. The predicted molar refractivity (Wildman–Crippen MR) is 24.7 cm³/mol. The molecule has 0 radical (unpaired) electrons. The van der Waals surface area contributed by atoms with Gasteiger partial charge in [0.1, 0.15) is 0 Å². The molecule has 52 valence electrons. The number of methoxy groups -OCH3 is 1. The molecule has 1 heterocycles. The van der Waals surface area contributed by atoms with Gasteiger partial charge >= 0.3 is 7.19 Å². The van der Waals surface area contributed by atoms with E-state index < -0.39 is 19.6 Å². The Morgan fingerprint density at radius 2 is 2.33 bits per heavy atom. The van der Waals surface area contributed by atoms with Crippen LogP contribution in [0.2, 0.25) is 0 Å². The second-order valence-electron chi connectivity index (χ2n) is 1.60. The molecule has 1 fully saturated rings. The van der Waals surface area contributed by atoms with Crippen molar-refractivity contribution in [2.24, 2.45) is 0 Å². The normalized spacial score (nSPS) is 35.7. The summed E-state index contributed by atoms with van der Waals surface area (Å²) in [5.41, 5.74) is 0. The molecule has 0 saturated carbocycles. The highest BCUT2D eigenvalue weighted by Crippen LogP contribution is 2.18. The minimum atomic E-state index is -1.81. The maximum atomic E-state index is 12.1. The summed E-state index contributed by atoms with van der Waals surface area (Å²) in [4.78, 5) is 7.60. The second-order valence-corrected chi connectivity index (χ2v) is 1.60. The van der Waals surface area contributed by atoms with Crippen LogP contribution in [0.1, 0.15) is 0 Å². The fourth-order valence-corrected chi connectivity index (χ4v) is 0.549. The number of ether oxygens (including phenoxy) is 1. The molecule has 1 saturated heterocycles. The summed E-state index contributed by atoms with van der Waals surface area (Å²) >= 11 is 0. The molecular formula is C3H5BF2O3. The Labute approximate surface area is 51.0 Å².